The predicted octanol–water partition coefficient (Wildman–Crippen LogP) is 3.10. The van der Waals surface area contributed by atoms with E-state index in [1.807, 2.05) is 25.1 Å². The van der Waals surface area contributed by atoms with Gasteiger partial charge in [0.2, 0.25) is 0 Å². The van der Waals surface area contributed by atoms with E-state index >= 15 is 0 Å². The number of rotatable bonds is 5. The van der Waals surface area contributed by atoms with Gasteiger partial charge in [-0.25, -0.2) is 0 Å². The van der Waals surface area contributed by atoms with Crippen LogP contribution in [0.1, 0.15) is 22.8 Å². The lowest BCUT2D eigenvalue weighted by atomic mass is 9.98. The van der Waals surface area contributed by atoms with Crippen molar-refractivity contribution in [3.63, 3.8) is 0 Å². The Hall–Kier alpha value is -2.20. The predicted molar refractivity (Wildman–Crippen MR) is 81.3 cm³/mol. The van der Waals surface area contributed by atoms with Crippen LogP contribution in [0.2, 0.25) is 0 Å². The van der Waals surface area contributed by atoms with Crippen molar-refractivity contribution >= 4 is 0 Å². The van der Waals surface area contributed by atoms with E-state index in [1.54, 1.807) is 39.5 Å². The molecule has 112 valence electrons. The third kappa shape index (κ3) is 3.11. The third-order valence-corrected chi connectivity index (χ3v) is 3.42. The van der Waals surface area contributed by atoms with Gasteiger partial charge in [0.15, 0.2) is 0 Å². The second-order valence-electron chi connectivity index (χ2n) is 4.76. The normalized spacial score (nSPS) is 11.9. The van der Waals surface area contributed by atoms with Gasteiger partial charge in [-0.3, -0.25) is 0 Å². The summed E-state index contributed by atoms with van der Waals surface area (Å²) in [5.74, 6) is 1.90. The van der Waals surface area contributed by atoms with E-state index in [9.17, 15) is 5.11 Å². The molecule has 0 aliphatic rings. The first-order chi connectivity index (χ1) is 10.1. The summed E-state index contributed by atoms with van der Waals surface area (Å²) in [6.07, 6.45) is -0.833. The minimum atomic E-state index is -0.833. The molecule has 0 aliphatic heterocycles. The molecule has 0 fully saturated rings. The van der Waals surface area contributed by atoms with Crippen molar-refractivity contribution in [2.75, 3.05) is 21.3 Å². The number of ether oxygens (including phenoxy) is 3. The quantitative estimate of drug-likeness (QED) is 0.918. The van der Waals surface area contributed by atoms with Crippen molar-refractivity contribution in [1.29, 1.82) is 0 Å². The molecule has 0 amide bonds. The van der Waals surface area contributed by atoms with Gasteiger partial charge in [0.25, 0.3) is 0 Å². The number of aryl methyl sites for hydroxylation is 1. The number of methoxy groups -OCH3 is 3. The van der Waals surface area contributed by atoms with Crippen LogP contribution in [0.4, 0.5) is 0 Å². The molecule has 4 heteroatoms. The molecule has 1 atom stereocenters. The van der Waals surface area contributed by atoms with Crippen LogP contribution in [-0.2, 0) is 0 Å². The van der Waals surface area contributed by atoms with Crippen molar-refractivity contribution in [2.24, 2.45) is 0 Å². The summed E-state index contributed by atoms with van der Waals surface area (Å²) in [6, 6.07) is 11.0. The topological polar surface area (TPSA) is 47.9 Å². The summed E-state index contributed by atoms with van der Waals surface area (Å²) in [6.45, 7) is 1.97. The molecule has 1 N–H and O–H groups in total. The van der Waals surface area contributed by atoms with E-state index in [4.69, 9.17) is 14.2 Å². The first-order valence-corrected chi connectivity index (χ1v) is 6.65. The molecule has 0 spiro atoms. The Bertz CT molecular complexity index is 622. The summed E-state index contributed by atoms with van der Waals surface area (Å²) in [5.41, 5.74) is 2.43. The highest BCUT2D eigenvalue weighted by molar-refractivity contribution is 5.49. The monoisotopic (exact) mass is 288 g/mol. The average Bonchev–Trinajstić information content (AvgIpc) is 2.53. The fourth-order valence-corrected chi connectivity index (χ4v) is 2.28. The highest BCUT2D eigenvalue weighted by Gasteiger charge is 2.20. The molecule has 21 heavy (non-hydrogen) atoms. The number of hydrogen-bond donors (Lipinski definition) is 1. The van der Waals surface area contributed by atoms with Gasteiger partial charge in [-0.2, -0.15) is 0 Å². The summed E-state index contributed by atoms with van der Waals surface area (Å²) >= 11 is 0. The fraction of sp³-hybridized carbons (Fsp3) is 0.294. The molecule has 0 bridgehead atoms. The summed E-state index contributed by atoms with van der Waals surface area (Å²) in [5, 5.41) is 10.7. The van der Waals surface area contributed by atoms with Crippen LogP contribution in [-0.4, -0.2) is 26.4 Å². The van der Waals surface area contributed by atoms with E-state index < -0.39 is 6.10 Å². The zero-order chi connectivity index (χ0) is 15.4. The van der Waals surface area contributed by atoms with Crippen molar-refractivity contribution in [3.05, 3.63) is 53.1 Å². The van der Waals surface area contributed by atoms with Gasteiger partial charge in [-0.1, -0.05) is 11.6 Å². The van der Waals surface area contributed by atoms with E-state index in [-0.39, 0.29) is 0 Å². The van der Waals surface area contributed by atoms with Crippen LogP contribution in [0.15, 0.2) is 36.4 Å². The molecule has 0 heterocycles. The number of benzene rings is 2. The third-order valence-electron chi connectivity index (χ3n) is 3.42. The van der Waals surface area contributed by atoms with Crippen LogP contribution in [0.3, 0.4) is 0 Å². The summed E-state index contributed by atoms with van der Waals surface area (Å²) in [4.78, 5) is 0. The van der Waals surface area contributed by atoms with Crippen LogP contribution in [0, 0.1) is 6.92 Å². The van der Waals surface area contributed by atoms with Crippen LogP contribution < -0.4 is 14.2 Å². The molecule has 2 aromatic rings. The van der Waals surface area contributed by atoms with Gasteiger partial charge in [0.1, 0.15) is 23.4 Å². The molecule has 2 rings (SSSR count). The SMILES string of the molecule is COc1ccc(C(O)c2cc(C)ccc2OC)c(OC)c1. The lowest BCUT2D eigenvalue weighted by Gasteiger charge is -2.18. The lowest BCUT2D eigenvalue weighted by Crippen LogP contribution is -2.05. The number of aliphatic hydroxyl groups excluding tert-OH is 1. The highest BCUT2D eigenvalue weighted by atomic mass is 16.5. The van der Waals surface area contributed by atoms with Gasteiger partial charge in [-0.15, -0.1) is 0 Å². The Kier molecular flexibility index (Phi) is 4.70. The molecule has 0 aromatic heterocycles. The van der Waals surface area contributed by atoms with Crippen molar-refractivity contribution < 1.29 is 19.3 Å². The average molecular weight is 288 g/mol. The van der Waals surface area contributed by atoms with Gasteiger partial charge in [0.05, 0.1) is 21.3 Å². The van der Waals surface area contributed by atoms with E-state index in [2.05, 4.69) is 0 Å². The summed E-state index contributed by atoms with van der Waals surface area (Å²) in [7, 11) is 4.75. The molecular formula is C17H20O4. The summed E-state index contributed by atoms with van der Waals surface area (Å²) < 4.78 is 15.9. The molecule has 4 nitrogen and oxygen atoms in total. The minimum absolute atomic E-state index is 0.574. The van der Waals surface area contributed by atoms with Crippen molar-refractivity contribution in [2.45, 2.75) is 13.0 Å². The van der Waals surface area contributed by atoms with Gasteiger partial charge in [-0.05, 0) is 31.2 Å². The maximum Gasteiger partial charge on any atom is 0.128 e. The van der Waals surface area contributed by atoms with E-state index in [1.165, 1.54) is 0 Å². The highest BCUT2D eigenvalue weighted by Crippen LogP contribution is 2.36. The smallest absolute Gasteiger partial charge is 0.128 e. The first-order valence-electron chi connectivity index (χ1n) is 6.65. The molecule has 2 aromatic carbocycles. The molecule has 0 saturated heterocycles. The van der Waals surface area contributed by atoms with Gasteiger partial charge < -0.3 is 19.3 Å². The molecule has 0 radical (unpaired) electrons. The Morgan fingerprint density at radius 1 is 0.810 bits per heavy atom. The van der Waals surface area contributed by atoms with Crippen LogP contribution in [0.5, 0.6) is 17.2 Å². The fourth-order valence-electron chi connectivity index (χ4n) is 2.28. The van der Waals surface area contributed by atoms with Crippen molar-refractivity contribution in [1.82, 2.24) is 0 Å². The van der Waals surface area contributed by atoms with Crippen LogP contribution in [0.25, 0.3) is 0 Å². The van der Waals surface area contributed by atoms with E-state index in [0.717, 1.165) is 5.56 Å². The maximum atomic E-state index is 10.7. The standard InChI is InChI=1S/C17H20O4/c1-11-5-8-15(20-3)14(9-11)17(18)13-7-6-12(19-2)10-16(13)21-4/h5-10,17-18H,1-4H3. The maximum absolute atomic E-state index is 10.7. The molecular weight excluding hydrogens is 268 g/mol. The van der Waals surface area contributed by atoms with Gasteiger partial charge >= 0.3 is 0 Å². The molecule has 0 saturated carbocycles. The zero-order valence-electron chi connectivity index (χ0n) is 12.7. The second-order valence-corrected chi connectivity index (χ2v) is 4.76. The Morgan fingerprint density at radius 3 is 2.14 bits per heavy atom. The molecule has 1 unspecified atom stereocenters. The Labute approximate surface area is 124 Å². The number of aliphatic hydroxyl groups is 1. The second kappa shape index (κ2) is 6.50. The lowest BCUT2D eigenvalue weighted by molar-refractivity contribution is 0.209. The van der Waals surface area contributed by atoms with E-state index in [0.29, 0.717) is 28.4 Å². The largest absolute Gasteiger partial charge is 0.497 e. The van der Waals surface area contributed by atoms with Crippen molar-refractivity contribution in [3.8, 4) is 17.2 Å². The Balaban J connectivity index is 2.49. The first kappa shape index (κ1) is 15.2. The zero-order valence-corrected chi connectivity index (χ0v) is 12.7. The number of hydrogen-bond acceptors (Lipinski definition) is 4. The minimum Gasteiger partial charge on any atom is -0.497 e. The van der Waals surface area contributed by atoms with Crippen LogP contribution >= 0.6 is 0 Å². The Morgan fingerprint density at radius 2 is 1.52 bits per heavy atom. The molecule has 0 aliphatic carbocycles. The van der Waals surface area contributed by atoms with Gasteiger partial charge in [0, 0.05) is 17.2 Å².